The first kappa shape index (κ1) is 12.7. The number of nitrogens with zero attached hydrogens (tertiary/aromatic N) is 2. The molecule has 0 spiro atoms. The second kappa shape index (κ2) is 5.72. The molecule has 1 aromatic heterocycles. The SMILES string of the molecule is Cc1nn(Cc2ccccc2C#CCO)cc1Cl. The molecular weight excluding hydrogens is 248 g/mol. The van der Waals surface area contributed by atoms with Crippen LogP contribution in [0.1, 0.15) is 16.8 Å². The Morgan fingerprint density at radius 2 is 2.17 bits per heavy atom. The molecule has 0 saturated carbocycles. The van der Waals surface area contributed by atoms with Crippen molar-refractivity contribution < 1.29 is 5.11 Å². The van der Waals surface area contributed by atoms with Gasteiger partial charge in [-0.2, -0.15) is 5.10 Å². The molecule has 4 heteroatoms. The van der Waals surface area contributed by atoms with Gasteiger partial charge in [-0.3, -0.25) is 4.68 Å². The van der Waals surface area contributed by atoms with E-state index in [1.807, 2.05) is 31.2 Å². The third-order valence-electron chi connectivity index (χ3n) is 2.54. The van der Waals surface area contributed by atoms with Crippen LogP contribution in [-0.4, -0.2) is 21.5 Å². The molecule has 1 aromatic carbocycles. The van der Waals surface area contributed by atoms with Crippen LogP contribution in [0.5, 0.6) is 0 Å². The van der Waals surface area contributed by atoms with Gasteiger partial charge < -0.3 is 5.11 Å². The fourth-order valence-electron chi connectivity index (χ4n) is 1.66. The number of hydrogen-bond acceptors (Lipinski definition) is 2. The van der Waals surface area contributed by atoms with E-state index < -0.39 is 0 Å². The van der Waals surface area contributed by atoms with Gasteiger partial charge >= 0.3 is 0 Å². The lowest BCUT2D eigenvalue weighted by Gasteiger charge is -2.04. The summed E-state index contributed by atoms with van der Waals surface area (Å²) in [4.78, 5) is 0. The molecule has 1 N–H and O–H groups in total. The molecule has 1 heterocycles. The summed E-state index contributed by atoms with van der Waals surface area (Å²) in [5.74, 6) is 5.59. The lowest BCUT2D eigenvalue weighted by atomic mass is 10.1. The first-order valence-corrected chi connectivity index (χ1v) is 5.95. The van der Waals surface area contributed by atoms with Gasteiger partial charge in [0.25, 0.3) is 0 Å². The zero-order valence-corrected chi connectivity index (χ0v) is 10.8. The van der Waals surface area contributed by atoms with Crippen LogP contribution in [0.4, 0.5) is 0 Å². The summed E-state index contributed by atoms with van der Waals surface area (Å²) in [6, 6.07) is 7.80. The van der Waals surface area contributed by atoms with Crippen molar-refractivity contribution in [2.45, 2.75) is 13.5 Å². The highest BCUT2D eigenvalue weighted by Crippen LogP contribution is 2.15. The minimum absolute atomic E-state index is 0.138. The second-order valence-electron chi connectivity index (χ2n) is 3.88. The first-order valence-electron chi connectivity index (χ1n) is 5.58. The van der Waals surface area contributed by atoms with Crippen LogP contribution in [0.15, 0.2) is 30.5 Å². The zero-order valence-electron chi connectivity index (χ0n) is 10.0. The fourth-order valence-corrected chi connectivity index (χ4v) is 1.81. The van der Waals surface area contributed by atoms with Crippen molar-refractivity contribution >= 4 is 11.6 Å². The molecule has 0 aliphatic carbocycles. The summed E-state index contributed by atoms with van der Waals surface area (Å²) < 4.78 is 1.79. The molecule has 0 aliphatic heterocycles. The average Bonchev–Trinajstić information content (AvgIpc) is 2.67. The maximum absolute atomic E-state index is 8.74. The monoisotopic (exact) mass is 260 g/mol. The first-order chi connectivity index (χ1) is 8.70. The lowest BCUT2D eigenvalue weighted by Crippen LogP contribution is -2.02. The highest BCUT2D eigenvalue weighted by molar-refractivity contribution is 6.31. The largest absolute Gasteiger partial charge is 0.384 e. The van der Waals surface area contributed by atoms with Gasteiger partial charge in [0.05, 0.1) is 17.3 Å². The molecule has 0 saturated heterocycles. The zero-order chi connectivity index (χ0) is 13.0. The predicted octanol–water partition coefficient (Wildman–Crippen LogP) is 2.24. The van der Waals surface area contributed by atoms with E-state index in [2.05, 4.69) is 16.9 Å². The quantitative estimate of drug-likeness (QED) is 0.841. The van der Waals surface area contributed by atoms with Crippen molar-refractivity contribution in [3.63, 3.8) is 0 Å². The molecule has 0 fully saturated rings. The Bertz CT molecular complexity index is 588. The third-order valence-corrected chi connectivity index (χ3v) is 2.91. The lowest BCUT2D eigenvalue weighted by molar-refractivity contribution is 0.350. The molecule has 92 valence electrons. The normalized spacial score (nSPS) is 9.94. The van der Waals surface area contributed by atoms with E-state index in [4.69, 9.17) is 16.7 Å². The maximum atomic E-state index is 8.74. The van der Waals surface area contributed by atoms with Crippen molar-refractivity contribution in [2.24, 2.45) is 0 Å². The number of rotatable bonds is 2. The highest BCUT2D eigenvalue weighted by Gasteiger charge is 2.04. The molecule has 0 bridgehead atoms. The molecule has 2 rings (SSSR count). The van der Waals surface area contributed by atoms with Gasteiger partial charge in [0, 0.05) is 11.8 Å². The van der Waals surface area contributed by atoms with E-state index >= 15 is 0 Å². The molecule has 0 amide bonds. The fraction of sp³-hybridized carbons (Fsp3) is 0.214. The topological polar surface area (TPSA) is 38.0 Å². The Kier molecular flexibility index (Phi) is 4.03. The molecule has 18 heavy (non-hydrogen) atoms. The molecule has 0 atom stereocenters. The Balaban J connectivity index is 2.28. The molecular formula is C14H13ClN2O. The van der Waals surface area contributed by atoms with E-state index in [0.717, 1.165) is 16.8 Å². The summed E-state index contributed by atoms with van der Waals surface area (Å²) in [5, 5.41) is 13.7. The number of benzene rings is 1. The number of aliphatic hydroxyl groups excluding tert-OH is 1. The number of aromatic nitrogens is 2. The number of aryl methyl sites for hydroxylation is 1. The Hall–Kier alpha value is -1.76. The second-order valence-corrected chi connectivity index (χ2v) is 4.28. The van der Waals surface area contributed by atoms with Crippen molar-refractivity contribution in [3.8, 4) is 11.8 Å². The van der Waals surface area contributed by atoms with Crippen LogP contribution in [0.3, 0.4) is 0 Å². The molecule has 2 aromatic rings. The van der Waals surface area contributed by atoms with Crippen LogP contribution in [0.2, 0.25) is 5.02 Å². The minimum atomic E-state index is -0.138. The Morgan fingerprint density at radius 1 is 1.39 bits per heavy atom. The third kappa shape index (κ3) is 2.92. The van der Waals surface area contributed by atoms with Gasteiger partial charge in [-0.1, -0.05) is 41.6 Å². The summed E-state index contributed by atoms with van der Waals surface area (Å²) in [7, 11) is 0. The summed E-state index contributed by atoms with van der Waals surface area (Å²) in [6.45, 7) is 2.35. The number of halogens is 1. The molecule has 0 radical (unpaired) electrons. The minimum Gasteiger partial charge on any atom is -0.384 e. The van der Waals surface area contributed by atoms with Crippen LogP contribution in [-0.2, 0) is 6.54 Å². The standard InChI is InChI=1S/C14H13ClN2O/c1-11-14(15)10-17(16-11)9-13-6-3-2-5-12(13)7-4-8-18/h2-3,5-6,10,18H,8-9H2,1H3. The van der Waals surface area contributed by atoms with Crippen molar-refractivity contribution in [1.29, 1.82) is 0 Å². The van der Waals surface area contributed by atoms with E-state index in [1.165, 1.54) is 0 Å². The van der Waals surface area contributed by atoms with Gasteiger partial charge in [-0.05, 0) is 18.6 Å². The van der Waals surface area contributed by atoms with Gasteiger partial charge in [-0.25, -0.2) is 0 Å². The van der Waals surface area contributed by atoms with Crippen LogP contribution >= 0.6 is 11.6 Å². The van der Waals surface area contributed by atoms with E-state index in [9.17, 15) is 0 Å². The van der Waals surface area contributed by atoms with Crippen molar-refractivity contribution in [2.75, 3.05) is 6.61 Å². The summed E-state index contributed by atoms with van der Waals surface area (Å²) in [5.41, 5.74) is 2.77. The average molecular weight is 261 g/mol. The Labute approximate surface area is 111 Å². The maximum Gasteiger partial charge on any atom is 0.104 e. The smallest absolute Gasteiger partial charge is 0.104 e. The van der Waals surface area contributed by atoms with Crippen molar-refractivity contribution in [1.82, 2.24) is 9.78 Å². The van der Waals surface area contributed by atoms with E-state index in [-0.39, 0.29) is 6.61 Å². The number of hydrogen-bond donors (Lipinski definition) is 1. The van der Waals surface area contributed by atoms with Crippen LogP contribution in [0.25, 0.3) is 0 Å². The van der Waals surface area contributed by atoms with Gasteiger partial charge in [-0.15, -0.1) is 0 Å². The predicted molar refractivity (Wildman–Crippen MR) is 71.5 cm³/mol. The summed E-state index contributed by atoms with van der Waals surface area (Å²) in [6.07, 6.45) is 1.80. The van der Waals surface area contributed by atoms with Crippen molar-refractivity contribution in [3.05, 3.63) is 52.3 Å². The van der Waals surface area contributed by atoms with Crippen LogP contribution < -0.4 is 0 Å². The summed E-state index contributed by atoms with van der Waals surface area (Å²) >= 11 is 5.97. The molecule has 0 aliphatic rings. The molecule has 3 nitrogen and oxygen atoms in total. The van der Waals surface area contributed by atoms with E-state index in [1.54, 1.807) is 10.9 Å². The Morgan fingerprint density at radius 3 is 2.83 bits per heavy atom. The van der Waals surface area contributed by atoms with Gasteiger partial charge in [0.2, 0.25) is 0 Å². The highest BCUT2D eigenvalue weighted by atomic mass is 35.5. The van der Waals surface area contributed by atoms with Gasteiger partial charge in [0.15, 0.2) is 0 Å². The van der Waals surface area contributed by atoms with Gasteiger partial charge in [0.1, 0.15) is 6.61 Å². The number of aliphatic hydroxyl groups is 1. The molecule has 0 unspecified atom stereocenters. The van der Waals surface area contributed by atoms with E-state index in [0.29, 0.717) is 11.6 Å². The van der Waals surface area contributed by atoms with Crippen LogP contribution in [0, 0.1) is 18.8 Å².